The van der Waals surface area contributed by atoms with Gasteiger partial charge in [0.25, 0.3) is 0 Å². The molecule has 0 spiro atoms. The predicted molar refractivity (Wildman–Crippen MR) is 47.2 cm³/mol. The highest BCUT2D eigenvalue weighted by Crippen LogP contribution is 2.30. The topological polar surface area (TPSA) is 36.1 Å². The normalized spacial score (nSPS) is 30.0. The van der Waals surface area contributed by atoms with Crippen LogP contribution in [0.4, 0.5) is 0 Å². The van der Waals surface area contributed by atoms with Crippen LogP contribution >= 0.6 is 23.5 Å². The first-order valence-corrected chi connectivity index (χ1v) is 4.95. The molecular formula is C6H8N2S2. The number of hydrogen-bond donors (Lipinski definition) is 0. The van der Waals surface area contributed by atoms with Gasteiger partial charge in [-0.05, 0) is 6.42 Å². The zero-order valence-electron chi connectivity index (χ0n) is 5.70. The van der Waals surface area contributed by atoms with Gasteiger partial charge in [0, 0.05) is 11.0 Å². The third-order valence-corrected chi connectivity index (χ3v) is 3.54. The monoisotopic (exact) mass is 172 g/mol. The molecule has 54 valence electrons. The highest BCUT2D eigenvalue weighted by molar-refractivity contribution is 8.39. The van der Waals surface area contributed by atoms with E-state index in [-0.39, 0.29) is 0 Å². The average Bonchev–Trinajstić information content (AvgIpc) is 1.88. The molecule has 0 aliphatic carbocycles. The molecule has 1 fully saturated rings. The molecule has 0 aromatic heterocycles. The minimum atomic E-state index is 0.633. The largest absolute Gasteiger partial charge is 0.207 e. The van der Waals surface area contributed by atoms with Crippen molar-refractivity contribution in [1.82, 2.24) is 0 Å². The van der Waals surface area contributed by atoms with E-state index in [2.05, 4.69) is 11.9 Å². The number of aliphatic imine (C=N–C) groups is 1. The lowest BCUT2D eigenvalue weighted by molar-refractivity contribution is 0.921. The van der Waals surface area contributed by atoms with Crippen LogP contribution in [0.25, 0.3) is 0 Å². The van der Waals surface area contributed by atoms with Crippen molar-refractivity contribution in [1.29, 1.82) is 5.26 Å². The standard InChI is InChI=1S/C6H8N2S2/c1-5-2-3-9-6(10-5)8-4-7/h5H,2-3H2,1H3. The van der Waals surface area contributed by atoms with Crippen LogP contribution in [0.1, 0.15) is 13.3 Å². The van der Waals surface area contributed by atoms with E-state index in [4.69, 9.17) is 5.26 Å². The van der Waals surface area contributed by atoms with E-state index in [1.807, 2.05) is 0 Å². The Bertz CT molecular complexity index is 183. The minimum Gasteiger partial charge on any atom is -0.170 e. The van der Waals surface area contributed by atoms with Crippen molar-refractivity contribution >= 4 is 27.9 Å². The number of nitriles is 1. The summed E-state index contributed by atoms with van der Waals surface area (Å²) in [4.78, 5) is 3.68. The van der Waals surface area contributed by atoms with Gasteiger partial charge in [0.1, 0.15) is 4.38 Å². The zero-order chi connectivity index (χ0) is 7.40. The first-order valence-electron chi connectivity index (χ1n) is 3.09. The van der Waals surface area contributed by atoms with E-state index in [9.17, 15) is 0 Å². The van der Waals surface area contributed by atoms with Gasteiger partial charge in [-0.1, -0.05) is 30.4 Å². The molecular weight excluding hydrogens is 164 g/mol. The Hall–Kier alpha value is -0.140. The predicted octanol–water partition coefficient (Wildman–Crippen LogP) is 2.08. The molecule has 1 saturated heterocycles. The van der Waals surface area contributed by atoms with Crippen LogP contribution in [0.15, 0.2) is 4.99 Å². The van der Waals surface area contributed by atoms with Crippen molar-refractivity contribution in [2.24, 2.45) is 4.99 Å². The van der Waals surface area contributed by atoms with E-state index < -0.39 is 0 Å². The van der Waals surface area contributed by atoms with Crippen molar-refractivity contribution in [3.8, 4) is 6.19 Å². The van der Waals surface area contributed by atoms with E-state index in [0.717, 1.165) is 10.1 Å². The van der Waals surface area contributed by atoms with Crippen LogP contribution in [0.3, 0.4) is 0 Å². The van der Waals surface area contributed by atoms with Crippen LogP contribution in [0.2, 0.25) is 0 Å². The lowest BCUT2D eigenvalue weighted by Crippen LogP contribution is -2.08. The van der Waals surface area contributed by atoms with Gasteiger partial charge in [0.15, 0.2) is 0 Å². The molecule has 0 aromatic carbocycles. The van der Waals surface area contributed by atoms with Crippen molar-refractivity contribution in [3.05, 3.63) is 0 Å². The molecule has 0 aromatic rings. The molecule has 2 nitrogen and oxygen atoms in total. The van der Waals surface area contributed by atoms with Crippen LogP contribution in [-0.2, 0) is 0 Å². The van der Waals surface area contributed by atoms with Crippen LogP contribution < -0.4 is 0 Å². The molecule has 0 radical (unpaired) electrons. The van der Waals surface area contributed by atoms with E-state index in [1.165, 1.54) is 6.42 Å². The molecule has 1 atom stereocenters. The summed E-state index contributed by atoms with van der Waals surface area (Å²) in [5, 5.41) is 8.87. The Morgan fingerprint density at radius 2 is 2.60 bits per heavy atom. The van der Waals surface area contributed by atoms with E-state index in [1.54, 1.807) is 29.7 Å². The molecule has 0 amide bonds. The lowest BCUT2D eigenvalue weighted by Gasteiger charge is -2.16. The molecule has 1 aliphatic heterocycles. The van der Waals surface area contributed by atoms with Crippen molar-refractivity contribution in [2.75, 3.05) is 5.75 Å². The molecule has 1 heterocycles. The molecule has 1 rings (SSSR count). The van der Waals surface area contributed by atoms with Gasteiger partial charge < -0.3 is 0 Å². The van der Waals surface area contributed by atoms with E-state index in [0.29, 0.717) is 5.25 Å². The summed E-state index contributed by atoms with van der Waals surface area (Å²) in [5.74, 6) is 1.11. The van der Waals surface area contributed by atoms with Gasteiger partial charge in [-0.3, -0.25) is 0 Å². The summed E-state index contributed by atoms with van der Waals surface area (Å²) in [6, 6.07) is 0. The Kier molecular flexibility index (Phi) is 3.10. The molecule has 1 unspecified atom stereocenters. The number of thioether (sulfide) groups is 2. The summed E-state index contributed by atoms with van der Waals surface area (Å²) in [5.41, 5.74) is 0. The Morgan fingerprint density at radius 1 is 1.80 bits per heavy atom. The molecule has 10 heavy (non-hydrogen) atoms. The maximum absolute atomic E-state index is 8.24. The minimum absolute atomic E-state index is 0.633. The van der Waals surface area contributed by atoms with Gasteiger partial charge in [-0.2, -0.15) is 10.3 Å². The summed E-state index contributed by atoms with van der Waals surface area (Å²) in [7, 11) is 0. The molecule has 1 aliphatic rings. The third-order valence-electron chi connectivity index (χ3n) is 1.19. The quantitative estimate of drug-likeness (QED) is 0.525. The third kappa shape index (κ3) is 2.24. The Labute approximate surface area is 69.1 Å². The van der Waals surface area contributed by atoms with Gasteiger partial charge in [-0.15, -0.1) is 0 Å². The van der Waals surface area contributed by atoms with Crippen molar-refractivity contribution < 1.29 is 0 Å². The first kappa shape index (κ1) is 7.96. The fourth-order valence-corrected chi connectivity index (χ4v) is 3.27. The number of nitrogens with zero attached hydrogens (tertiary/aromatic N) is 2. The lowest BCUT2D eigenvalue weighted by atomic mass is 10.4. The van der Waals surface area contributed by atoms with Gasteiger partial charge in [0.05, 0.1) is 0 Å². The van der Waals surface area contributed by atoms with E-state index >= 15 is 0 Å². The summed E-state index contributed by atoms with van der Waals surface area (Å²) >= 11 is 3.38. The second-order valence-electron chi connectivity index (χ2n) is 2.04. The summed E-state index contributed by atoms with van der Waals surface area (Å²) in [6.07, 6.45) is 3.03. The van der Waals surface area contributed by atoms with Gasteiger partial charge >= 0.3 is 0 Å². The smallest absolute Gasteiger partial charge is 0.170 e. The SMILES string of the molecule is CC1CCSC(=NC#N)S1. The molecule has 0 bridgehead atoms. The maximum Gasteiger partial charge on any atom is 0.207 e. The molecule has 0 N–H and O–H groups in total. The number of hydrogen-bond acceptors (Lipinski definition) is 4. The first-order chi connectivity index (χ1) is 4.83. The Balaban J connectivity index is 2.49. The van der Waals surface area contributed by atoms with Gasteiger partial charge in [0.2, 0.25) is 6.19 Å². The van der Waals surface area contributed by atoms with Crippen molar-refractivity contribution in [2.45, 2.75) is 18.6 Å². The fourth-order valence-electron chi connectivity index (χ4n) is 0.677. The highest BCUT2D eigenvalue weighted by atomic mass is 32.2. The summed E-state index contributed by atoms with van der Waals surface area (Å²) < 4.78 is 0.932. The second kappa shape index (κ2) is 3.89. The Morgan fingerprint density at radius 3 is 3.20 bits per heavy atom. The van der Waals surface area contributed by atoms with Crippen molar-refractivity contribution in [3.63, 3.8) is 0 Å². The van der Waals surface area contributed by atoms with Crippen LogP contribution in [0, 0.1) is 11.5 Å². The average molecular weight is 172 g/mol. The van der Waals surface area contributed by atoms with Crippen LogP contribution in [0.5, 0.6) is 0 Å². The summed E-state index contributed by atoms with van der Waals surface area (Å²) in [6.45, 7) is 2.16. The molecule has 0 saturated carbocycles. The zero-order valence-corrected chi connectivity index (χ0v) is 7.34. The second-order valence-corrected chi connectivity index (χ2v) is 4.81. The fraction of sp³-hybridized carbons (Fsp3) is 0.667. The van der Waals surface area contributed by atoms with Gasteiger partial charge in [-0.25, -0.2) is 0 Å². The molecule has 4 heteroatoms. The highest BCUT2D eigenvalue weighted by Gasteiger charge is 2.14. The maximum atomic E-state index is 8.24. The van der Waals surface area contributed by atoms with Crippen LogP contribution in [-0.4, -0.2) is 15.4 Å². The number of rotatable bonds is 0.